The smallest absolute Gasteiger partial charge is 0.236 e. The van der Waals surface area contributed by atoms with Crippen LogP contribution in [0.2, 0.25) is 0 Å². The molecule has 1 rings (SSSR count). The van der Waals surface area contributed by atoms with E-state index >= 15 is 0 Å². The van der Waals surface area contributed by atoms with Crippen LogP contribution in [-0.4, -0.2) is 18.5 Å². The van der Waals surface area contributed by atoms with Crippen LogP contribution >= 0.6 is 0 Å². The van der Waals surface area contributed by atoms with E-state index in [-0.39, 0.29) is 11.9 Å². The number of carbonyl (C=O) groups is 1. The summed E-state index contributed by atoms with van der Waals surface area (Å²) in [4.78, 5) is 11.7. The number of hydrogen-bond donors (Lipinski definition) is 2. The molecule has 3 nitrogen and oxygen atoms in total. The second kappa shape index (κ2) is 6.24. The van der Waals surface area contributed by atoms with Crippen LogP contribution in [0, 0.1) is 5.41 Å². The first-order chi connectivity index (χ1) is 7.63. The average molecular weight is 226 g/mol. The van der Waals surface area contributed by atoms with Crippen LogP contribution in [0.1, 0.15) is 58.8 Å². The molecule has 0 spiro atoms. The molecule has 0 saturated heterocycles. The Morgan fingerprint density at radius 1 is 1.38 bits per heavy atom. The van der Waals surface area contributed by atoms with Gasteiger partial charge in [0.05, 0.1) is 6.04 Å². The zero-order valence-corrected chi connectivity index (χ0v) is 10.7. The molecule has 3 N–H and O–H groups in total. The van der Waals surface area contributed by atoms with E-state index in [0.29, 0.717) is 5.41 Å². The van der Waals surface area contributed by atoms with Crippen LogP contribution < -0.4 is 11.1 Å². The largest absolute Gasteiger partial charge is 0.354 e. The van der Waals surface area contributed by atoms with Gasteiger partial charge < -0.3 is 11.1 Å². The number of amides is 1. The third-order valence-corrected chi connectivity index (χ3v) is 3.58. The maximum atomic E-state index is 11.7. The lowest BCUT2D eigenvalue weighted by atomic mass is 10.0. The molecule has 3 heteroatoms. The predicted octanol–water partition coefficient (Wildman–Crippen LogP) is 2.20. The van der Waals surface area contributed by atoms with Crippen molar-refractivity contribution in [3.05, 3.63) is 0 Å². The minimum absolute atomic E-state index is 0.0378. The molecular formula is C13H26N2O. The summed E-state index contributed by atoms with van der Waals surface area (Å²) in [7, 11) is 0. The van der Waals surface area contributed by atoms with E-state index in [4.69, 9.17) is 5.73 Å². The summed E-state index contributed by atoms with van der Waals surface area (Å²) >= 11 is 0. The maximum Gasteiger partial charge on any atom is 0.236 e. The molecule has 1 aliphatic rings. The Bertz CT molecular complexity index is 224. The summed E-state index contributed by atoms with van der Waals surface area (Å²) in [6, 6.07) is -0.308. The molecule has 0 aromatic carbocycles. The molecule has 16 heavy (non-hydrogen) atoms. The molecule has 94 valence electrons. The highest BCUT2D eigenvalue weighted by atomic mass is 16.2. The zero-order valence-electron chi connectivity index (χ0n) is 10.7. The van der Waals surface area contributed by atoms with Crippen molar-refractivity contribution in [1.82, 2.24) is 5.32 Å². The van der Waals surface area contributed by atoms with Crippen molar-refractivity contribution in [3.8, 4) is 0 Å². The molecular weight excluding hydrogens is 200 g/mol. The Morgan fingerprint density at radius 3 is 2.56 bits per heavy atom. The van der Waals surface area contributed by atoms with E-state index in [1.165, 1.54) is 25.7 Å². The summed E-state index contributed by atoms with van der Waals surface area (Å²) in [5.74, 6) is 0.0378. The third-order valence-electron chi connectivity index (χ3n) is 3.58. The summed E-state index contributed by atoms with van der Waals surface area (Å²) < 4.78 is 0. The van der Waals surface area contributed by atoms with Gasteiger partial charge in [0.2, 0.25) is 5.91 Å². The highest BCUT2D eigenvalue weighted by Crippen LogP contribution is 2.48. The lowest BCUT2D eigenvalue weighted by Crippen LogP contribution is -2.42. The maximum absolute atomic E-state index is 11.7. The Labute approximate surface area is 99.2 Å². The Hall–Kier alpha value is -0.570. The normalized spacial score (nSPS) is 19.2. The van der Waals surface area contributed by atoms with Gasteiger partial charge in [0, 0.05) is 6.54 Å². The molecule has 1 atom stereocenters. The van der Waals surface area contributed by atoms with Gasteiger partial charge in [-0.2, -0.15) is 0 Å². The first-order valence-electron chi connectivity index (χ1n) is 6.67. The number of hydrogen-bond acceptors (Lipinski definition) is 2. The summed E-state index contributed by atoms with van der Waals surface area (Å²) in [6.07, 6.45) is 7.92. The van der Waals surface area contributed by atoms with Gasteiger partial charge in [-0.05, 0) is 31.1 Å². The van der Waals surface area contributed by atoms with Gasteiger partial charge in [0.15, 0.2) is 0 Å². The van der Waals surface area contributed by atoms with Crippen LogP contribution in [0.25, 0.3) is 0 Å². The van der Waals surface area contributed by atoms with Crippen molar-refractivity contribution in [3.63, 3.8) is 0 Å². The van der Waals surface area contributed by atoms with Gasteiger partial charge in [-0.15, -0.1) is 0 Å². The van der Waals surface area contributed by atoms with Gasteiger partial charge in [-0.1, -0.05) is 33.1 Å². The van der Waals surface area contributed by atoms with Gasteiger partial charge >= 0.3 is 0 Å². The monoisotopic (exact) mass is 226 g/mol. The summed E-state index contributed by atoms with van der Waals surface area (Å²) in [5, 5.41) is 3.01. The topological polar surface area (TPSA) is 55.1 Å². The third kappa shape index (κ3) is 4.12. The molecule has 0 aromatic heterocycles. The standard InChI is InChI=1S/C13H26N2O/c1-3-5-6-11(14)12(16)15-10-13(7-4-2)8-9-13/h11H,3-10,14H2,1-2H3,(H,15,16). The van der Waals surface area contributed by atoms with Gasteiger partial charge in [0.25, 0.3) is 0 Å². The van der Waals surface area contributed by atoms with Crippen molar-refractivity contribution in [2.24, 2.45) is 11.1 Å². The van der Waals surface area contributed by atoms with E-state index in [1.54, 1.807) is 0 Å². The fraction of sp³-hybridized carbons (Fsp3) is 0.923. The van der Waals surface area contributed by atoms with Gasteiger partial charge in [0.1, 0.15) is 0 Å². The van der Waals surface area contributed by atoms with Crippen LogP contribution in [0.15, 0.2) is 0 Å². The summed E-state index contributed by atoms with van der Waals surface area (Å²) in [5.41, 5.74) is 6.24. The first-order valence-corrected chi connectivity index (χ1v) is 6.67. The predicted molar refractivity (Wildman–Crippen MR) is 67.1 cm³/mol. The van der Waals surface area contributed by atoms with Crippen molar-refractivity contribution < 1.29 is 4.79 Å². The molecule has 1 unspecified atom stereocenters. The molecule has 1 amide bonds. The number of carbonyl (C=O) groups excluding carboxylic acids is 1. The van der Waals surface area contributed by atoms with E-state index < -0.39 is 0 Å². The highest BCUT2D eigenvalue weighted by Gasteiger charge is 2.41. The zero-order chi connectivity index (χ0) is 12.0. The van der Waals surface area contributed by atoms with E-state index in [0.717, 1.165) is 25.8 Å². The molecule has 1 aliphatic carbocycles. The minimum Gasteiger partial charge on any atom is -0.354 e. The van der Waals surface area contributed by atoms with Gasteiger partial charge in [-0.3, -0.25) is 4.79 Å². The fourth-order valence-corrected chi connectivity index (χ4v) is 2.18. The van der Waals surface area contributed by atoms with E-state index in [1.807, 2.05) is 0 Å². The molecule has 0 aliphatic heterocycles. The SMILES string of the molecule is CCCCC(N)C(=O)NCC1(CCC)CC1. The second-order valence-electron chi connectivity index (χ2n) is 5.22. The van der Waals surface area contributed by atoms with Crippen LogP contribution in [0.3, 0.4) is 0 Å². The molecule has 0 bridgehead atoms. The average Bonchev–Trinajstić information content (AvgIpc) is 3.03. The lowest BCUT2D eigenvalue weighted by Gasteiger charge is -2.17. The minimum atomic E-state index is -0.308. The van der Waals surface area contributed by atoms with E-state index in [9.17, 15) is 4.79 Å². The van der Waals surface area contributed by atoms with Crippen molar-refractivity contribution in [2.75, 3.05) is 6.54 Å². The Morgan fingerprint density at radius 2 is 2.06 bits per heavy atom. The molecule has 0 radical (unpaired) electrons. The summed E-state index contributed by atoms with van der Waals surface area (Å²) in [6.45, 7) is 5.15. The number of unbranched alkanes of at least 4 members (excludes halogenated alkanes) is 1. The van der Waals surface area contributed by atoms with Crippen LogP contribution in [0.4, 0.5) is 0 Å². The van der Waals surface area contributed by atoms with E-state index in [2.05, 4.69) is 19.2 Å². The van der Waals surface area contributed by atoms with Crippen molar-refractivity contribution in [1.29, 1.82) is 0 Å². The molecule has 1 fully saturated rings. The quantitative estimate of drug-likeness (QED) is 0.666. The number of nitrogens with one attached hydrogen (secondary N) is 1. The van der Waals surface area contributed by atoms with Crippen molar-refractivity contribution in [2.45, 2.75) is 64.8 Å². The van der Waals surface area contributed by atoms with Crippen LogP contribution in [-0.2, 0) is 4.79 Å². The lowest BCUT2D eigenvalue weighted by molar-refractivity contribution is -0.122. The second-order valence-corrected chi connectivity index (χ2v) is 5.22. The Kier molecular flexibility index (Phi) is 5.26. The molecule has 1 saturated carbocycles. The Balaban J connectivity index is 2.19. The number of nitrogens with two attached hydrogens (primary N) is 1. The first kappa shape index (κ1) is 13.5. The number of rotatable bonds is 8. The van der Waals surface area contributed by atoms with Crippen molar-refractivity contribution >= 4 is 5.91 Å². The highest BCUT2D eigenvalue weighted by molar-refractivity contribution is 5.81. The molecule has 0 heterocycles. The molecule has 0 aromatic rings. The fourth-order valence-electron chi connectivity index (χ4n) is 2.18. The van der Waals surface area contributed by atoms with Crippen LogP contribution in [0.5, 0.6) is 0 Å². The van der Waals surface area contributed by atoms with Gasteiger partial charge in [-0.25, -0.2) is 0 Å².